The predicted octanol–water partition coefficient (Wildman–Crippen LogP) is 2.85. The smallest absolute Gasteiger partial charge is 0.344 e. The van der Waals surface area contributed by atoms with Gasteiger partial charge in [0.05, 0.1) is 32.0 Å². The maximum Gasteiger partial charge on any atom is 0.344 e. The normalized spacial score (nSPS) is 15.1. The lowest BCUT2D eigenvalue weighted by atomic mass is 10.2. The summed E-state index contributed by atoms with van der Waals surface area (Å²) in [5.74, 6) is 0.705. The lowest BCUT2D eigenvalue weighted by molar-refractivity contribution is -0.139. The minimum Gasteiger partial charge on any atom is -0.497 e. The summed E-state index contributed by atoms with van der Waals surface area (Å²) >= 11 is 0. The van der Waals surface area contributed by atoms with E-state index in [9.17, 15) is 13.2 Å². The minimum absolute atomic E-state index is 0.0262. The summed E-state index contributed by atoms with van der Waals surface area (Å²) in [7, 11) is -0.818. The summed E-state index contributed by atoms with van der Waals surface area (Å²) < 4.78 is 45.1. The van der Waals surface area contributed by atoms with Gasteiger partial charge in [0.2, 0.25) is 0 Å². The number of esters is 1. The Morgan fingerprint density at radius 2 is 1.47 bits per heavy atom. The molecule has 0 amide bonds. The summed E-state index contributed by atoms with van der Waals surface area (Å²) in [5.41, 5.74) is 1.67. The van der Waals surface area contributed by atoms with Crippen LogP contribution < -0.4 is 9.47 Å². The fraction of sp³-hybridized carbons (Fsp3) is 0.238. The van der Waals surface area contributed by atoms with Crippen LogP contribution >= 0.6 is 0 Å². The molecule has 0 saturated carbocycles. The number of rotatable bonds is 7. The van der Waals surface area contributed by atoms with E-state index < -0.39 is 16.2 Å². The third kappa shape index (κ3) is 4.98. The number of ether oxygens (including phenoxy) is 3. The molecule has 0 N–H and O–H groups in total. The molecule has 0 saturated heterocycles. The third-order valence-corrected chi connectivity index (χ3v) is 5.79. The van der Waals surface area contributed by atoms with E-state index in [0.717, 1.165) is 15.4 Å². The van der Waals surface area contributed by atoms with Gasteiger partial charge in [-0.3, -0.25) is 4.31 Å². The van der Waals surface area contributed by atoms with E-state index in [1.54, 1.807) is 62.8 Å². The molecular formula is C21H22N2O6S. The maximum absolute atomic E-state index is 12.6. The second kappa shape index (κ2) is 9.00. The van der Waals surface area contributed by atoms with Crippen molar-refractivity contribution < 1.29 is 27.4 Å². The van der Waals surface area contributed by atoms with Crippen LogP contribution in [0.5, 0.6) is 11.5 Å². The van der Waals surface area contributed by atoms with Crippen LogP contribution in [0, 0.1) is 0 Å². The van der Waals surface area contributed by atoms with E-state index in [0.29, 0.717) is 11.5 Å². The van der Waals surface area contributed by atoms with Crippen molar-refractivity contribution in [1.82, 2.24) is 4.31 Å². The van der Waals surface area contributed by atoms with Gasteiger partial charge in [-0.25, -0.2) is 4.79 Å². The SMILES string of the molecule is COc1ccc(COC(=O)C2=CN(Cc3ccc(OC)cc3)S(=O)(=O)N=C2C)cc1. The summed E-state index contributed by atoms with van der Waals surface area (Å²) in [6, 6.07) is 14.0. The van der Waals surface area contributed by atoms with Crippen LogP contribution in [0.1, 0.15) is 18.1 Å². The van der Waals surface area contributed by atoms with Gasteiger partial charge < -0.3 is 14.2 Å². The average molecular weight is 430 g/mol. The van der Waals surface area contributed by atoms with Crippen molar-refractivity contribution in [2.75, 3.05) is 14.2 Å². The number of hydrogen-bond acceptors (Lipinski definition) is 6. The van der Waals surface area contributed by atoms with Crippen LogP contribution in [0.15, 0.2) is 64.7 Å². The number of hydrogen-bond donors (Lipinski definition) is 0. The van der Waals surface area contributed by atoms with Crippen LogP contribution in [0.25, 0.3) is 0 Å². The highest BCUT2D eigenvalue weighted by atomic mass is 32.2. The van der Waals surface area contributed by atoms with Gasteiger partial charge in [-0.05, 0) is 42.3 Å². The van der Waals surface area contributed by atoms with E-state index in [4.69, 9.17) is 14.2 Å². The Bertz CT molecular complexity index is 1070. The van der Waals surface area contributed by atoms with Gasteiger partial charge in [-0.15, -0.1) is 4.40 Å². The van der Waals surface area contributed by atoms with Gasteiger partial charge in [0, 0.05) is 6.20 Å². The Morgan fingerprint density at radius 3 is 2.00 bits per heavy atom. The molecule has 0 bridgehead atoms. The fourth-order valence-electron chi connectivity index (χ4n) is 2.77. The summed E-state index contributed by atoms with van der Waals surface area (Å²) in [6.45, 7) is 1.53. The van der Waals surface area contributed by atoms with Crippen molar-refractivity contribution in [3.63, 3.8) is 0 Å². The van der Waals surface area contributed by atoms with Crippen molar-refractivity contribution in [1.29, 1.82) is 0 Å². The molecule has 3 rings (SSSR count). The topological polar surface area (TPSA) is 94.5 Å². The molecule has 0 fully saturated rings. The maximum atomic E-state index is 12.6. The fourth-order valence-corrected chi connectivity index (χ4v) is 3.87. The first kappa shape index (κ1) is 21.4. The van der Waals surface area contributed by atoms with Crippen molar-refractivity contribution in [3.05, 3.63) is 71.4 Å². The van der Waals surface area contributed by atoms with Gasteiger partial charge in [0.1, 0.15) is 18.1 Å². The second-order valence-electron chi connectivity index (χ2n) is 6.51. The van der Waals surface area contributed by atoms with Crippen LogP contribution in [-0.4, -0.2) is 38.6 Å². The van der Waals surface area contributed by atoms with Crippen LogP contribution in [0.3, 0.4) is 0 Å². The molecule has 1 aliphatic heterocycles. The van der Waals surface area contributed by atoms with Crippen LogP contribution in [-0.2, 0) is 32.9 Å². The first-order valence-electron chi connectivity index (χ1n) is 9.06. The third-order valence-electron chi connectivity index (χ3n) is 4.46. The molecule has 0 radical (unpaired) electrons. The highest BCUT2D eigenvalue weighted by Crippen LogP contribution is 2.22. The Balaban J connectivity index is 1.74. The van der Waals surface area contributed by atoms with Gasteiger partial charge in [-0.1, -0.05) is 24.3 Å². The molecule has 0 aromatic heterocycles. The highest BCUT2D eigenvalue weighted by Gasteiger charge is 2.29. The molecule has 1 aliphatic rings. The van der Waals surface area contributed by atoms with E-state index in [1.165, 1.54) is 13.1 Å². The standard InChI is InChI=1S/C21H22N2O6S/c1-15-20(21(24)29-14-17-6-10-19(28-3)11-7-17)13-23(30(25,26)22-15)12-16-4-8-18(27-2)9-5-16/h4-11,13H,12,14H2,1-3H3. The Labute approximate surface area is 175 Å². The molecule has 0 atom stereocenters. The van der Waals surface area contributed by atoms with Crippen LogP contribution in [0.2, 0.25) is 0 Å². The molecule has 30 heavy (non-hydrogen) atoms. The van der Waals surface area contributed by atoms with E-state index in [-0.39, 0.29) is 24.4 Å². The van der Waals surface area contributed by atoms with Gasteiger partial charge in [-0.2, -0.15) is 8.42 Å². The van der Waals surface area contributed by atoms with E-state index in [2.05, 4.69) is 4.40 Å². The highest BCUT2D eigenvalue weighted by molar-refractivity contribution is 7.88. The molecule has 2 aromatic carbocycles. The van der Waals surface area contributed by atoms with Crippen molar-refractivity contribution >= 4 is 21.9 Å². The summed E-state index contributed by atoms with van der Waals surface area (Å²) in [4.78, 5) is 12.6. The van der Waals surface area contributed by atoms with Crippen molar-refractivity contribution in [3.8, 4) is 11.5 Å². The molecule has 0 unspecified atom stereocenters. The molecule has 0 spiro atoms. The first-order chi connectivity index (χ1) is 14.3. The zero-order chi connectivity index (χ0) is 21.7. The molecule has 0 aliphatic carbocycles. The van der Waals surface area contributed by atoms with E-state index in [1.807, 2.05) is 0 Å². The minimum atomic E-state index is -3.94. The lowest BCUT2D eigenvalue weighted by Crippen LogP contribution is -2.31. The Hall–Kier alpha value is -3.33. The van der Waals surface area contributed by atoms with Gasteiger partial charge in [0.15, 0.2) is 0 Å². The zero-order valence-corrected chi connectivity index (χ0v) is 17.7. The Morgan fingerprint density at radius 1 is 0.933 bits per heavy atom. The molecule has 8 nitrogen and oxygen atoms in total. The van der Waals surface area contributed by atoms with Crippen molar-refractivity contribution in [2.24, 2.45) is 4.40 Å². The van der Waals surface area contributed by atoms with Crippen molar-refractivity contribution in [2.45, 2.75) is 20.1 Å². The number of methoxy groups -OCH3 is 2. The quantitative estimate of drug-likeness (QED) is 0.627. The van der Waals surface area contributed by atoms with Gasteiger partial charge >= 0.3 is 16.2 Å². The predicted molar refractivity (Wildman–Crippen MR) is 111 cm³/mol. The van der Waals surface area contributed by atoms with E-state index >= 15 is 0 Å². The van der Waals surface area contributed by atoms with Crippen LogP contribution in [0.4, 0.5) is 0 Å². The summed E-state index contributed by atoms with van der Waals surface area (Å²) in [6.07, 6.45) is 1.26. The monoisotopic (exact) mass is 430 g/mol. The average Bonchev–Trinajstić information content (AvgIpc) is 2.74. The second-order valence-corrected chi connectivity index (χ2v) is 8.06. The molecule has 2 aromatic rings. The molecular weight excluding hydrogens is 408 g/mol. The largest absolute Gasteiger partial charge is 0.497 e. The summed E-state index contributed by atoms with van der Waals surface area (Å²) in [5, 5.41) is 0. The van der Waals surface area contributed by atoms with Gasteiger partial charge in [0.25, 0.3) is 0 Å². The number of carbonyl (C=O) groups is 1. The number of benzene rings is 2. The molecule has 158 valence electrons. The molecule has 1 heterocycles. The lowest BCUT2D eigenvalue weighted by Gasteiger charge is -2.23. The zero-order valence-electron chi connectivity index (χ0n) is 16.9. The number of carbonyl (C=O) groups excluding carboxylic acids is 1. The number of nitrogens with zero attached hydrogens (tertiary/aromatic N) is 2. The molecule has 9 heteroatoms. The first-order valence-corrected chi connectivity index (χ1v) is 10.5. The Kier molecular flexibility index (Phi) is 6.41.